The van der Waals surface area contributed by atoms with E-state index in [9.17, 15) is 4.79 Å². The maximum Gasteiger partial charge on any atom is 0.306 e. The van der Waals surface area contributed by atoms with Gasteiger partial charge in [0.15, 0.2) is 0 Å². The van der Waals surface area contributed by atoms with Crippen LogP contribution < -0.4 is 0 Å². The molecule has 0 aromatic heterocycles. The van der Waals surface area contributed by atoms with Gasteiger partial charge in [0.05, 0.1) is 6.10 Å². The molecule has 0 radical (unpaired) electrons. The van der Waals surface area contributed by atoms with Crippen molar-refractivity contribution in [2.24, 2.45) is 5.92 Å². The van der Waals surface area contributed by atoms with Crippen LogP contribution in [0.25, 0.3) is 0 Å². The zero-order valence-corrected chi connectivity index (χ0v) is 8.59. The Balaban J connectivity index is 3.46. The summed E-state index contributed by atoms with van der Waals surface area (Å²) in [6.45, 7) is 8.15. The molecule has 0 rings (SSSR count). The van der Waals surface area contributed by atoms with Crippen molar-refractivity contribution in [1.29, 1.82) is 0 Å². The fourth-order valence-electron chi connectivity index (χ4n) is 0.773. The first-order chi connectivity index (χ1) is 5.56. The van der Waals surface area contributed by atoms with Crippen LogP contribution in [0.5, 0.6) is 0 Å². The van der Waals surface area contributed by atoms with E-state index in [1.54, 1.807) is 0 Å². The highest BCUT2D eigenvalue weighted by molar-refractivity contribution is 5.69. The molecule has 0 aliphatic rings. The van der Waals surface area contributed by atoms with Gasteiger partial charge in [-0.2, -0.15) is 0 Å². The SMILES string of the molecule is CC[C@H](C)OC(=O)CCC(C)C. The summed E-state index contributed by atoms with van der Waals surface area (Å²) in [7, 11) is 0. The minimum atomic E-state index is -0.0574. The van der Waals surface area contributed by atoms with Crippen LogP contribution in [0.15, 0.2) is 0 Å². The van der Waals surface area contributed by atoms with E-state index < -0.39 is 0 Å². The maximum atomic E-state index is 11.1. The second kappa shape index (κ2) is 6.04. The Morgan fingerprint density at radius 1 is 1.33 bits per heavy atom. The van der Waals surface area contributed by atoms with Crippen LogP contribution >= 0.6 is 0 Å². The Morgan fingerprint density at radius 2 is 1.92 bits per heavy atom. The number of ether oxygens (including phenoxy) is 1. The molecule has 2 nitrogen and oxygen atoms in total. The summed E-state index contributed by atoms with van der Waals surface area (Å²) in [5.41, 5.74) is 0. The molecule has 1 atom stereocenters. The monoisotopic (exact) mass is 172 g/mol. The van der Waals surface area contributed by atoms with E-state index in [1.165, 1.54) is 0 Å². The lowest BCUT2D eigenvalue weighted by molar-refractivity contribution is -0.148. The fourth-order valence-corrected chi connectivity index (χ4v) is 0.773. The molecule has 0 fully saturated rings. The van der Waals surface area contributed by atoms with Crippen LogP contribution in [-0.2, 0) is 9.53 Å². The highest BCUT2D eigenvalue weighted by Gasteiger charge is 2.07. The van der Waals surface area contributed by atoms with Crippen LogP contribution in [-0.4, -0.2) is 12.1 Å². The van der Waals surface area contributed by atoms with Crippen LogP contribution in [0.3, 0.4) is 0 Å². The molecular weight excluding hydrogens is 152 g/mol. The molecule has 0 unspecified atom stereocenters. The van der Waals surface area contributed by atoms with Gasteiger partial charge < -0.3 is 4.74 Å². The van der Waals surface area contributed by atoms with Crippen molar-refractivity contribution in [2.45, 2.75) is 53.1 Å². The summed E-state index contributed by atoms with van der Waals surface area (Å²) in [5.74, 6) is 0.521. The molecule has 0 spiro atoms. The zero-order chi connectivity index (χ0) is 9.56. The highest BCUT2D eigenvalue weighted by Crippen LogP contribution is 2.06. The topological polar surface area (TPSA) is 26.3 Å². The molecule has 0 saturated heterocycles. The number of rotatable bonds is 5. The Hall–Kier alpha value is -0.530. The van der Waals surface area contributed by atoms with Gasteiger partial charge in [-0.15, -0.1) is 0 Å². The Bertz CT molecular complexity index is 130. The molecule has 0 aromatic rings. The van der Waals surface area contributed by atoms with Crippen molar-refractivity contribution in [1.82, 2.24) is 0 Å². The average molecular weight is 172 g/mol. The quantitative estimate of drug-likeness (QED) is 0.596. The van der Waals surface area contributed by atoms with Gasteiger partial charge in [-0.05, 0) is 25.7 Å². The molecule has 72 valence electrons. The Kier molecular flexibility index (Phi) is 5.77. The fraction of sp³-hybridized carbons (Fsp3) is 0.900. The van der Waals surface area contributed by atoms with Crippen LogP contribution in [0.2, 0.25) is 0 Å². The number of hydrogen-bond acceptors (Lipinski definition) is 2. The lowest BCUT2D eigenvalue weighted by Crippen LogP contribution is -2.14. The first-order valence-electron chi connectivity index (χ1n) is 4.75. The van der Waals surface area contributed by atoms with E-state index in [1.807, 2.05) is 13.8 Å². The molecule has 0 aromatic carbocycles. The first-order valence-corrected chi connectivity index (χ1v) is 4.75. The molecule has 12 heavy (non-hydrogen) atoms. The van der Waals surface area contributed by atoms with E-state index in [0.717, 1.165) is 12.8 Å². The van der Waals surface area contributed by atoms with E-state index in [-0.39, 0.29) is 12.1 Å². The zero-order valence-electron chi connectivity index (χ0n) is 8.59. The Labute approximate surface area is 75.3 Å². The van der Waals surface area contributed by atoms with Gasteiger partial charge >= 0.3 is 5.97 Å². The van der Waals surface area contributed by atoms with Gasteiger partial charge in [0.25, 0.3) is 0 Å². The summed E-state index contributed by atoms with van der Waals surface area (Å²) >= 11 is 0. The summed E-state index contributed by atoms with van der Waals surface area (Å²) in [6.07, 6.45) is 2.45. The van der Waals surface area contributed by atoms with Crippen molar-refractivity contribution in [3.8, 4) is 0 Å². The van der Waals surface area contributed by atoms with E-state index >= 15 is 0 Å². The largest absolute Gasteiger partial charge is 0.463 e. The van der Waals surface area contributed by atoms with Crippen molar-refractivity contribution in [2.75, 3.05) is 0 Å². The predicted octanol–water partition coefficient (Wildman–Crippen LogP) is 2.76. The van der Waals surface area contributed by atoms with Gasteiger partial charge in [-0.25, -0.2) is 0 Å². The van der Waals surface area contributed by atoms with E-state index in [2.05, 4.69) is 13.8 Å². The van der Waals surface area contributed by atoms with E-state index in [0.29, 0.717) is 12.3 Å². The van der Waals surface area contributed by atoms with Gasteiger partial charge in [0.2, 0.25) is 0 Å². The van der Waals surface area contributed by atoms with Crippen molar-refractivity contribution in [3.63, 3.8) is 0 Å². The normalized spacial score (nSPS) is 13.1. The van der Waals surface area contributed by atoms with E-state index in [4.69, 9.17) is 4.74 Å². The third kappa shape index (κ3) is 6.20. The number of esters is 1. The van der Waals surface area contributed by atoms with Crippen molar-refractivity contribution in [3.05, 3.63) is 0 Å². The molecule has 0 aliphatic carbocycles. The Morgan fingerprint density at radius 3 is 2.33 bits per heavy atom. The molecule has 0 bridgehead atoms. The summed E-state index contributed by atoms with van der Waals surface area (Å²) in [5, 5.41) is 0. The van der Waals surface area contributed by atoms with Gasteiger partial charge in [0.1, 0.15) is 0 Å². The minimum absolute atomic E-state index is 0.0574. The van der Waals surface area contributed by atoms with Gasteiger partial charge in [-0.1, -0.05) is 20.8 Å². The second-order valence-electron chi connectivity index (χ2n) is 3.64. The lowest BCUT2D eigenvalue weighted by Gasteiger charge is -2.11. The molecule has 0 heterocycles. The molecular formula is C10H20O2. The van der Waals surface area contributed by atoms with Gasteiger partial charge in [-0.3, -0.25) is 4.79 Å². The number of carbonyl (C=O) groups excluding carboxylic acids is 1. The third-order valence-electron chi connectivity index (χ3n) is 1.83. The van der Waals surface area contributed by atoms with Crippen LogP contribution in [0.1, 0.15) is 47.0 Å². The van der Waals surface area contributed by atoms with Crippen LogP contribution in [0, 0.1) is 5.92 Å². The molecule has 0 N–H and O–H groups in total. The summed E-state index contributed by atoms with van der Waals surface area (Å²) in [4.78, 5) is 11.1. The average Bonchev–Trinajstić information content (AvgIpc) is 2.00. The number of hydrogen-bond donors (Lipinski definition) is 0. The lowest BCUT2D eigenvalue weighted by atomic mass is 10.1. The second-order valence-corrected chi connectivity index (χ2v) is 3.64. The van der Waals surface area contributed by atoms with Gasteiger partial charge in [0, 0.05) is 6.42 Å². The summed E-state index contributed by atoms with van der Waals surface area (Å²) in [6, 6.07) is 0. The van der Waals surface area contributed by atoms with Crippen molar-refractivity contribution < 1.29 is 9.53 Å². The van der Waals surface area contributed by atoms with Crippen LogP contribution in [0.4, 0.5) is 0 Å². The standard InChI is InChI=1S/C10H20O2/c1-5-9(4)12-10(11)7-6-8(2)3/h8-9H,5-7H2,1-4H3/t9-/m0/s1. The molecule has 2 heteroatoms. The molecule has 0 amide bonds. The smallest absolute Gasteiger partial charge is 0.306 e. The van der Waals surface area contributed by atoms with Crippen molar-refractivity contribution >= 4 is 5.97 Å². The highest BCUT2D eigenvalue weighted by atomic mass is 16.5. The third-order valence-corrected chi connectivity index (χ3v) is 1.83. The number of carbonyl (C=O) groups is 1. The minimum Gasteiger partial charge on any atom is -0.463 e. The molecule has 0 saturated carbocycles. The first kappa shape index (κ1) is 11.5. The maximum absolute atomic E-state index is 11.1. The summed E-state index contributed by atoms with van der Waals surface area (Å²) < 4.78 is 5.11. The predicted molar refractivity (Wildman–Crippen MR) is 49.9 cm³/mol. The molecule has 0 aliphatic heterocycles.